The number of fused-ring (bicyclic) bond motifs is 5. The number of hydrogen-bond acceptors (Lipinski definition) is 4. The van der Waals surface area contributed by atoms with E-state index < -0.39 is 6.10 Å². The summed E-state index contributed by atoms with van der Waals surface area (Å²) < 4.78 is 5.88. The van der Waals surface area contributed by atoms with E-state index >= 15 is 0 Å². The number of hydrogen-bond donors (Lipinski definition) is 0. The highest BCUT2D eigenvalue weighted by atomic mass is 16.5. The highest BCUT2D eigenvalue weighted by Crippen LogP contribution is 2.56. The van der Waals surface area contributed by atoms with Gasteiger partial charge >= 0.3 is 0 Å². The van der Waals surface area contributed by atoms with Gasteiger partial charge in [0.15, 0.2) is 6.10 Å². The lowest BCUT2D eigenvalue weighted by atomic mass is 9.81. The first kappa shape index (κ1) is 19.0. The van der Waals surface area contributed by atoms with Gasteiger partial charge < -0.3 is 4.74 Å². The third-order valence-electron chi connectivity index (χ3n) is 7.02. The van der Waals surface area contributed by atoms with Gasteiger partial charge in [0.2, 0.25) is 17.6 Å². The number of nitrogens with zero attached hydrogens (tertiary/aromatic N) is 1. The molecule has 0 spiro atoms. The maximum absolute atomic E-state index is 13.1. The maximum atomic E-state index is 13.1. The molecule has 1 saturated heterocycles. The average molecular weight is 403 g/mol. The highest BCUT2D eigenvalue weighted by molar-refractivity contribution is 6.22. The van der Waals surface area contributed by atoms with Crippen LogP contribution in [0.5, 0.6) is 5.75 Å². The van der Waals surface area contributed by atoms with Crippen LogP contribution < -0.4 is 9.64 Å². The molecule has 2 aliphatic carbocycles. The number of Topliss-reactive ketones (excluding diaryl/α,β-unsaturated/α-hetero) is 1. The summed E-state index contributed by atoms with van der Waals surface area (Å²) in [5.41, 5.74) is 2.22. The van der Waals surface area contributed by atoms with Crippen molar-refractivity contribution in [1.29, 1.82) is 0 Å². The summed E-state index contributed by atoms with van der Waals surface area (Å²) in [6.07, 6.45) is 2.45. The number of ether oxygens (including phenoxy) is 1. The molecule has 0 radical (unpaired) electrons. The minimum absolute atomic E-state index is 0.0712. The van der Waals surface area contributed by atoms with E-state index in [2.05, 4.69) is 0 Å². The van der Waals surface area contributed by atoms with Crippen LogP contribution in [-0.4, -0.2) is 23.7 Å². The minimum Gasteiger partial charge on any atom is -0.482 e. The Morgan fingerprint density at radius 1 is 1.00 bits per heavy atom. The second-order valence-corrected chi connectivity index (χ2v) is 8.88. The molecule has 0 aromatic heterocycles. The molecule has 2 aromatic rings. The van der Waals surface area contributed by atoms with Gasteiger partial charge in [0.25, 0.3) is 0 Å². The molecule has 0 unspecified atom stereocenters. The van der Waals surface area contributed by atoms with E-state index in [9.17, 15) is 14.4 Å². The lowest BCUT2D eigenvalue weighted by Gasteiger charge is -2.19. The second kappa shape index (κ2) is 7.08. The molecule has 5 rings (SSSR count). The molecule has 3 aliphatic rings. The van der Waals surface area contributed by atoms with E-state index in [0.717, 1.165) is 24.8 Å². The predicted octanol–water partition coefficient (Wildman–Crippen LogP) is 4.18. The van der Waals surface area contributed by atoms with Gasteiger partial charge in [-0.2, -0.15) is 0 Å². The van der Waals surface area contributed by atoms with E-state index in [-0.39, 0.29) is 29.4 Å². The van der Waals surface area contributed by atoms with E-state index in [1.807, 2.05) is 19.1 Å². The van der Waals surface area contributed by atoms with Crippen LogP contribution >= 0.6 is 0 Å². The molecule has 154 valence electrons. The maximum Gasteiger partial charge on any atom is 0.237 e. The molecule has 3 fully saturated rings. The Morgan fingerprint density at radius 3 is 2.27 bits per heavy atom. The van der Waals surface area contributed by atoms with Crippen molar-refractivity contribution in [2.45, 2.75) is 39.2 Å². The summed E-state index contributed by atoms with van der Waals surface area (Å²) in [6.45, 7) is 3.68. The predicted molar refractivity (Wildman–Crippen MR) is 112 cm³/mol. The monoisotopic (exact) mass is 403 g/mol. The molecule has 5 heteroatoms. The van der Waals surface area contributed by atoms with Gasteiger partial charge in [-0.1, -0.05) is 35.9 Å². The summed E-state index contributed by atoms with van der Waals surface area (Å²) in [6, 6.07) is 14.3. The van der Waals surface area contributed by atoms with Crippen molar-refractivity contribution < 1.29 is 19.1 Å². The van der Waals surface area contributed by atoms with E-state index in [4.69, 9.17) is 4.74 Å². The van der Waals surface area contributed by atoms with Crippen LogP contribution in [0.2, 0.25) is 0 Å². The Bertz CT molecular complexity index is 1000. The van der Waals surface area contributed by atoms with Crippen molar-refractivity contribution in [3.63, 3.8) is 0 Å². The summed E-state index contributed by atoms with van der Waals surface area (Å²) >= 11 is 0. The summed E-state index contributed by atoms with van der Waals surface area (Å²) in [4.78, 5) is 40.1. The van der Waals surface area contributed by atoms with Gasteiger partial charge in [-0.05, 0) is 57.1 Å². The Morgan fingerprint density at radius 2 is 1.63 bits per heavy atom. The minimum atomic E-state index is -0.678. The third kappa shape index (κ3) is 2.95. The van der Waals surface area contributed by atoms with E-state index in [1.165, 1.54) is 4.90 Å². The molecule has 2 saturated carbocycles. The smallest absolute Gasteiger partial charge is 0.237 e. The number of benzene rings is 2. The number of imide groups is 1. The Labute approximate surface area is 176 Å². The molecule has 0 N–H and O–H groups in total. The SMILES string of the molecule is Cc1ccc(C(=O)[C@H](C)Oc2cccc(N3C(=O)[C@@H]4[C@H]5CC[C@@H](C5)[C@H]4C3=O)c2)cc1. The first-order valence-electron chi connectivity index (χ1n) is 10.7. The Hall–Kier alpha value is -2.95. The van der Waals surface area contributed by atoms with Crippen molar-refractivity contribution in [3.05, 3.63) is 59.7 Å². The average Bonchev–Trinajstić information content (AvgIpc) is 3.42. The van der Waals surface area contributed by atoms with Crippen molar-refractivity contribution in [3.8, 4) is 5.75 Å². The fourth-order valence-electron chi connectivity index (χ4n) is 5.57. The quantitative estimate of drug-likeness (QED) is 0.555. The zero-order valence-corrected chi connectivity index (χ0v) is 17.2. The molecule has 1 heterocycles. The van der Waals surface area contributed by atoms with Crippen LogP contribution in [0.15, 0.2) is 48.5 Å². The van der Waals surface area contributed by atoms with Gasteiger partial charge in [-0.25, -0.2) is 4.90 Å². The number of rotatable bonds is 5. The van der Waals surface area contributed by atoms with Gasteiger partial charge in [-0.15, -0.1) is 0 Å². The molecule has 2 amide bonds. The molecule has 5 nitrogen and oxygen atoms in total. The number of carbonyl (C=O) groups is 3. The molecule has 2 aromatic carbocycles. The van der Waals surface area contributed by atoms with E-state index in [1.54, 1.807) is 43.3 Å². The van der Waals surface area contributed by atoms with Gasteiger partial charge in [-0.3, -0.25) is 14.4 Å². The summed E-state index contributed by atoms with van der Waals surface area (Å²) in [7, 11) is 0. The largest absolute Gasteiger partial charge is 0.482 e. The molecule has 1 aliphatic heterocycles. The fraction of sp³-hybridized carbons (Fsp3) is 0.400. The number of ketones is 1. The van der Waals surface area contributed by atoms with Crippen molar-refractivity contribution >= 4 is 23.3 Å². The molecular weight excluding hydrogens is 378 g/mol. The topological polar surface area (TPSA) is 63.7 Å². The first-order valence-corrected chi connectivity index (χ1v) is 10.7. The standard InChI is InChI=1S/C25H25NO4/c1-14-6-8-16(9-7-14)23(27)15(2)30-20-5-3-4-19(13-20)26-24(28)21-17-10-11-18(12-17)22(21)25(26)29/h3-9,13,15,17-18,21-22H,10-12H2,1-2H3/t15-,17-,18-,21+,22+/m0/s1. The van der Waals surface area contributed by atoms with Crippen molar-refractivity contribution in [2.75, 3.05) is 4.90 Å². The van der Waals surface area contributed by atoms with Crippen LogP contribution in [-0.2, 0) is 9.59 Å². The summed E-state index contributed by atoms with van der Waals surface area (Å²) in [5.74, 6) is 0.629. The third-order valence-corrected chi connectivity index (χ3v) is 7.02. The second-order valence-electron chi connectivity index (χ2n) is 8.88. The Balaban J connectivity index is 1.35. The van der Waals surface area contributed by atoms with Crippen LogP contribution in [0, 0.1) is 30.6 Å². The number of anilines is 1. The molecular formula is C25H25NO4. The van der Waals surface area contributed by atoms with Crippen LogP contribution in [0.4, 0.5) is 5.69 Å². The number of amides is 2. The number of carbonyl (C=O) groups excluding carboxylic acids is 3. The lowest BCUT2D eigenvalue weighted by Crippen LogP contribution is -2.32. The van der Waals surface area contributed by atoms with Crippen LogP contribution in [0.25, 0.3) is 0 Å². The Kier molecular flexibility index (Phi) is 4.49. The summed E-state index contributed by atoms with van der Waals surface area (Å²) in [5, 5.41) is 0. The highest BCUT2D eigenvalue weighted by Gasteiger charge is 2.61. The lowest BCUT2D eigenvalue weighted by molar-refractivity contribution is -0.123. The first-order chi connectivity index (χ1) is 14.4. The molecule has 30 heavy (non-hydrogen) atoms. The zero-order valence-electron chi connectivity index (χ0n) is 17.2. The van der Waals surface area contributed by atoms with Gasteiger partial charge in [0.05, 0.1) is 17.5 Å². The fourth-order valence-corrected chi connectivity index (χ4v) is 5.57. The molecule has 5 atom stereocenters. The zero-order chi connectivity index (χ0) is 21.0. The van der Waals surface area contributed by atoms with Gasteiger partial charge in [0, 0.05) is 11.6 Å². The van der Waals surface area contributed by atoms with Crippen LogP contribution in [0.3, 0.4) is 0 Å². The van der Waals surface area contributed by atoms with Crippen LogP contribution in [0.1, 0.15) is 42.1 Å². The van der Waals surface area contributed by atoms with E-state index in [0.29, 0.717) is 28.8 Å². The van der Waals surface area contributed by atoms with Gasteiger partial charge in [0.1, 0.15) is 5.75 Å². The molecule has 2 bridgehead atoms. The van der Waals surface area contributed by atoms with Crippen molar-refractivity contribution in [1.82, 2.24) is 0 Å². The van der Waals surface area contributed by atoms with Crippen molar-refractivity contribution in [2.24, 2.45) is 23.7 Å². The number of aryl methyl sites for hydroxylation is 1. The normalized spacial score (nSPS) is 28.0.